The second-order valence-corrected chi connectivity index (χ2v) is 5.89. The number of nitrogens with one attached hydrogen (secondary N) is 1. The lowest BCUT2D eigenvalue weighted by Crippen LogP contribution is -2.11. The number of nitrogens with zero attached hydrogens (tertiary/aromatic N) is 2. The summed E-state index contributed by atoms with van der Waals surface area (Å²) in [7, 11) is 1.59. The van der Waals surface area contributed by atoms with Crippen LogP contribution >= 0.6 is 11.3 Å². The number of aryl methyl sites for hydroxylation is 1. The lowest BCUT2D eigenvalue weighted by atomic mass is 10.1. The fourth-order valence-corrected chi connectivity index (χ4v) is 2.94. The first kappa shape index (κ1) is 15.2. The van der Waals surface area contributed by atoms with E-state index >= 15 is 0 Å². The van der Waals surface area contributed by atoms with Crippen molar-refractivity contribution in [1.82, 2.24) is 10.2 Å². The van der Waals surface area contributed by atoms with E-state index in [1.807, 2.05) is 31.2 Å². The zero-order chi connectivity index (χ0) is 16.2. The first-order valence-electron chi connectivity index (χ1n) is 7.02. The minimum Gasteiger partial charge on any atom is -0.497 e. The van der Waals surface area contributed by atoms with Crippen LogP contribution < -0.4 is 10.1 Å². The molecule has 116 valence electrons. The second kappa shape index (κ2) is 6.58. The van der Waals surface area contributed by atoms with Crippen molar-refractivity contribution in [2.24, 2.45) is 0 Å². The maximum Gasteiger partial charge on any atom is 0.257 e. The van der Waals surface area contributed by atoms with Crippen LogP contribution in [0.25, 0.3) is 10.6 Å². The van der Waals surface area contributed by atoms with E-state index < -0.39 is 0 Å². The summed E-state index contributed by atoms with van der Waals surface area (Å²) in [6, 6.07) is 14.8. The van der Waals surface area contributed by atoms with Crippen LogP contribution in [0.4, 0.5) is 5.13 Å². The molecule has 0 saturated heterocycles. The van der Waals surface area contributed by atoms with Gasteiger partial charge in [0.2, 0.25) is 5.13 Å². The Bertz CT molecular complexity index is 828. The van der Waals surface area contributed by atoms with Crippen molar-refractivity contribution in [3.63, 3.8) is 0 Å². The number of ether oxygens (including phenoxy) is 1. The van der Waals surface area contributed by atoms with Crippen LogP contribution in [0.5, 0.6) is 5.75 Å². The smallest absolute Gasteiger partial charge is 0.257 e. The minimum atomic E-state index is -0.222. The molecule has 1 N–H and O–H groups in total. The van der Waals surface area contributed by atoms with E-state index in [-0.39, 0.29) is 5.91 Å². The van der Waals surface area contributed by atoms with Crippen LogP contribution in [-0.4, -0.2) is 23.2 Å². The molecule has 0 atom stereocenters. The molecule has 0 saturated carbocycles. The Morgan fingerprint density at radius 3 is 2.52 bits per heavy atom. The van der Waals surface area contributed by atoms with Gasteiger partial charge in [-0.3, -0.25) is 10.1 Å². The Labute approximate surface area is 138 Å². The third kappa shape index (κ3) is 3.37. The van der Waals surface area contributed by atoms with Gasteiger partial charge in [0.1, 0.15) is 10.8 Å². The highest BCUT2D eigenvalue weighted by atomic mass is 32.1. The molecule has 23 heavy (non-hydrogen) atoms. The number of anilines is 1. The molecule has 2 aromatic carbocycles. The fraction of sp³-hybridized carbons (Fsp3) is 0.118. The predicted octanol–water partition coefficient (Wildman–Crippen LogP) is 3.77. The number of carbonyl (C=O) groups is 1. The third-order valence-electron chi connectivity index (χ3n) is 3.37. The van der Waals surface area contributed by atoms with Crippen LogP contribution in [0.15, 0.2) is 48.5 Å². The van der Waals surface area contributed by atoms with Crippen LogP contribution in [0.1, 0.15) is 15.9 Å². The van der Waals surface area contributed by atoms with Gasteiger partial charge in [-0.05, 0) is 36.8 Å². The molecule has 0 unspecified atom stereocenters. The molecule has 0 spiro atoms. The standard InChI is InChI=1S/C17H15N3O2S/c1-11-5-3-4-6-14(11)16-19-20-17(23-16)18-15(21)12-7-9-13(22-2)10-8-12/h3-10H,1-2H3,(H,18,20,21). The van der Waals surface area contributed by atoms with Gasteiger partial charge < -0.3 is 4.74 Å². The molecular weight excluding hydrogens is 310 g/mol. The normalized spacial score (nSPS) is 10.3. The third-order valence-corrected chi connectivity index (χ3v) is 4.25. The number of carbonyl (C=O) groups excluding carboxylic acids is 1. The van der Waals surface area contributed by atoms with Gasteiger partial charge in [0.25, 0.3) is 5.91 Å². The molecular formula is C17H15N3O2S. The number of rotatable bonds is 4. The molecule has 1 heterocycles. The van der Waals surface area contributed by atoms with Crippen LogP contribution in [-0.2, 0) is 0 Å². The molecule has 0 aliphatic heterocycles. The highest BCUT2D eigenvalue weighted by Gasteiger charge is 2.12. The zero-order valence-corrected chi connectivity index (χ0v) is 13.6. The van der Waals surface area contributed by atoms with E-state index in [2.05, 4.69) is 15.5 Å². The Hall–Kier alpha value is -2.73. The van der Waals surface area contributed by atoms with Gasteiger partial charge in [0.15, 0.2) is 0 Å². The molecule has 0 aliphatic rings. The summed E-state index contributed by atoms with van der Waals surface area (Å²) in [6.07, 6.45) is 0. The van der Waals surface area contributed by atoms with Gasteiger partial charge in [-0.2, -0.15) is 0 Å². The summed E-state index contributed by atoms with van der Waals surface area (Å²) in [4.78, 5) is 12.2. The van der Waals surface area contributed by atoms with Crippen molar-refractivity contribution in [3.05, 3.63) is 59.7 Å². The topological polar surface area (TPSA) is 64.1 Å². The van der Waals surface area contributed by atoms with Crippen molar-refractivity contribution in [1.29, 1.82) is 0 Å². The van der Waals surface area contributed by atoms with E-state index in [1.165, 1.54) is 11.3 Å². The summed E-state index contributed by atoms with van der Waals surface area (Å²) < 4.78 is 5.08. The Morgan fingerprint density at radius 2 is 1.83 bits per heavy atom. The summed E-state index contributed by atoms with van der Waals surface area (Å²) >= 11 is 1.35. The first-order chi connectivity index (χ1) is 11.2. The highest BCUT2D eigenvalue weighted by molar-refractivity contribution is 7.18. The van der Waals surface area contributed by atoms with Crippen molar-refractivity contribution in [3.8, 4) is 16.3 Å². The molecule has 1 amide bonds. The van der Waals surface area contributed by atoms with Gasteiger partial charge in [0, 0.05) is 11.1 Å². The summed E-state index contributed by atoms with van der Waals surface area (Å²) in [5, 5.41) is 12.2. The Kier molecular flexibility index (Phi) is 4.34. The molecule has 0 fully saturated rings. The van der Waals surface area contributed by atoms with Crippen molar-refractivity contribution in [2.75, 3.05) is 12.4 Å². The van der Waals surface area contributed by atoms with Crippen molar-refractivity contribution >= 4 is 22.4 Å². The SMILES string of the molecule is COc1ccc(C(=O)Nc2nnc(-c3ccccc3C)s2)cc1. The molecule has 3 rings (SSSR count). The van der Waals surface area contributed by atoms with Crippen LogP contribution in [0, 0.1) is 6.92 Å². The van der Waals surface area contributed by atoms with Crippen molar-refractivity contribution in [2.45, 2.75) is 6.92 Å². The molecule has 5 nitrogen and oxygen atoms in total. The second-order valence-electron chi connectivity index (χ2n) is 4.91. The lowest BCUT2D eigenvalue weighted by Gasteiger charge is -2.03. The van der Waals surface area contributed by atoms with Gasteiger partial charge >= 0.3 is 0 Å². The zero-order valence-electron chi connectivity index (χ0n) is 12.7. The maximum absolute atomic E-state index is 12.2. The van der Waals surface area contributed by atoms with Crippen LogP contribution in [0.3, 0.4) is 0 Å². The van der Waals surface area contributed by atoms with E-state index in [9.17, 15) is 4.79 Å². The van der Waals surface area contributed by atoms with Gasteiger partial charge in [-0.1, -0.05) is 35.6 Å². The molecule has 0 radical (unpaired) electrons. The predicted molar refractivity (Wildman–Crippen MR) is 91.0 cm³/mol. The molecule has 0 aliphatic carbocycles. The Morgan fingerprint density at radius 1 is 1.09 bits per heavy atom. The molecule has 0 bridgehead atoms. The lowest BCUT2D eigenvalue weighted by molar-refractivity contribution is 0.102. The average molecular weight is 325 g/mol. The fourth-order valence-electron chi connectivity index (χ4n) is 2.11. The summed E-state index contributed by atoms with van der Waals surface area (Å²) in [5.41, 5.74) is 2.69. The number of aromatic nitrogens is 2. The maximum atomic E-state index is 12.2. The molecule has 1 aromatic heterocycles. The number of amides is 1. The summed E-state index contributed by atoms with van der Waals surface area (Å²) in [6.45, 7) is 2.02. The molecule has 3 aromatic rings. The number of benzene rings is 2. The first-order valence-corrected chi connectivity index (χ1v) is 7.84. The average Bonchev–Trinajstić information content (AvgIpc) is 3.03. The number of hydrogen-bond acceptors (Lipinski definition) is 5. The largest absolute Gasteiger partial charge is 0.497 e. The number of hydrogen-bond donors (Lipinski definition) is 1. The number of methoxy groups -OCH3 is 1. The van der Waals surface area contributed by atoms with E-state index in [0.717, 1.165) is 16.1 Å². The minimum absolute atomic E-state index is 0.222. The van der Waals surface area contributed by atoms with Gasteiger partial charge in [-0.25, -0.2) is 0 Å². The van der Waals surface area contributed by atoms with Gasteiger partial charge in [-0.15, -0.1) is 10.2 Å². The van der Waals surface area contributed by atoms with E-state index in [1.54, 1.807) is 31.4 Å². The highest BCUT2D eigenvalue weighted by Crippen LogP contribution is 2.28. The van der Waals surface area contributed by atoms with E-state index in [4.69, 9.17) is 4.74 Å². The van der Waals surface area contributed by atoms with Gasteiger partial charge in [0.05, 0.1) is 7.11 Å². The quantitative estimate of drug-likeness (QED) is 0.793. The van der Waals surface area contributed by atoms with Crippen molar-refractivity contribution < 1.29 is 9.53 Å². The monoisotopic (exact) mass is 325 g/mol. The van der Waals surface area contributed by atoms with E-state index in [0.29, 0.717) is 16.4 Å². The Balaban J connectivity index is 1.76. The van der Waals surface area contributed by atoms with Crippen LogP contribution in [0.2, 0.25) is 0 Å². The molecule has 6 heteroatoms. The summed E-state index contributed by atoms with van der Waals surface area (Å²) in [5.74, 6) is 0.486.